The Balaban J connectivity index is 2.05. The summed E-state index contributed by atoms with van der Waals surface area (Å²) in [6.45, 7) is 8.76. The van der Waals surface area contributed by atoms with Crippen molar-refractivity contribution in [3.8, 4) is 0 Å². The van der Waals surface area contributed by atoms with Gasteiger partial charge in [0.15, 0.2) is 0 Å². The maximum absolute atomic E-state index is 14.0. The van der Waals surface area contributed by atoms with Crippen LogP contribution >= 0.6 is 27.5 Å². The van der Waals surface area contributed by atoms with Crippen LogP contribution in [0, 0.1) is 13.8 Å². The molecule has 0 saturated carbocycles. The fourth-order valence-corrected chi connectivity index (χ4v) is 6.01. The van der Waals surface area contributed by atoms with Gasteiger partial charge in [0, 0.05) is 22.1 Å². The molecule has 0 aliphatic heterocycles. The molecule has 0 fully saturated rings. The fourth-order valence-electron chi connectivity index (χ4n) is 3.98. The summed E-state index contributed by atoms with van der Waals surface area (Å²) >= 11 is 9.83. The van der Waals surface area contributed by atoms with Gasteiger partial charge in [0.25, 0.3) is 10.0 Å². The smallest absolute Gasteiger partial charge is 0.264 e. The lowest BCUT2D eigenvalue weighted by Crippen LogP contribution is -2.52. The number of aryl methyl sites for hydroxylation is 2. The third-order valence-electron chi connectivity index (χ3n) is 6.74. The molecule has 1 N–H and O–H groups in total. The van der Waals surface area contributed by atoms with Crippen molar-refractivity contribution in [2.45, 2.75) is 64.6 Å². The molecule has 3 aromatic rings. The zero-order valence-electron chi connectivity index (χ0n) is 23.3. The summed E-state index contributed by atoms with van der Waals surface area (Å²) in [5, 5.41) is 3.31. The summed E-state index contributed by atoms with van der Waals surface area (Å²) in [7, 11) is -4.16. The predicted molar refractivity (Wildman–Crippen MR) is 164 cm³/mol. The van der Waals surface area contributed by atoms with E-state index in [1.54, 1.807) is 31.2 Å². The molecule has 3 aromatic carbocycles. The first-order chi connectivity index (χ1) is 18.8. The van der Waals surface area contributed by atoms with Crippen LogP contribution in [0.3, 0.4) is 0 Å². The SMILES string of the molecule is CC[C@H](C)NC(=O)[C@H](C)N(Cc1cccc(Br)c1)C(=O)CN(c1ccc(C)c(Cl)c1)S(=O)(=O)c1ccc(C)cc1. The molecule has 0 bridgehead atoms. The molecule has 40 heavy (non-hydrogen) atoms. The van der Waals surface area contributed by atoms with E-state index in [2.05, 4.69) is 21.2 Å². The van der Waals surface area contributed by atoms with Crippen LogP contribution in [0.4, 0.5) is 5.69 Å². The maximum Gasteiger partial charge on any atom is 0.264 e. The zero-order valence-corrected chi connectivity index (χ0v) is 26.5. The van der Waals surface area contributed by atoms with E-state index >= 15 is 0 Å². The molecule has 2 amide bonds. The number of anilines is 1. The molecule has 0 unspecified atom stereocenters. The van der Waals surface area contributed by atoms with Crippen molar-refractivity contribution in [1.29, 1.82) is 0 Å². The number of nitrogens with zero attached hydrogens (tertiary/aromatic N) is 2. The Kier molecular flexibility index (Phi) is 10.8. The Morgan fingerprint density at radius 3 is 2.27 bits per heavy atom. The molecule has 2 atom stereocenters. The lowest BCUT2D eigenvalue weighted by molar-refractivity contribution is -0.139. The topological polar surface area (TPSA) is 86.8 Å². The highest BCUT2D eigenvalue weighted by atomic mass is 79.9. The molecular formula is C30H35BrClN3O4S. The van der Waals surface area contributed by atoms with E-state index in [1.807, 2.05) is 52.0 Å². The summed E-state index contributed by atoms with van der Waals surface area (Å²) in [5.74, 6) is -0.844. The first kappa shape index (κ1) is 31.6. The Hall–Kier alpha value is -2.88. The second kappa shape index (κ2) is 13.7. The van der Waals surface area contributed by atoms with Crippen molar-refractivity contribution in [3.63, 3.8) is 0 Å². The van der Waals surface area contributed by atoms with Gasteiger partial charge in [-0.1, -0.05) is 70.3 Å². The summed E-state index contributed by atoms with van der Waals surface area (Å²) in [4.78, 5) is 28.6. The largest absolute Gasteiger partial charge is 0.352 e. The van der Waals surface area contributed by atoms with Crippen LogP contribution in [0.15, 0.2) is 76.1 Å². The molecule has 0 spiro atoms. The standard InChI is InChI=1S/C30H35BrClN3O4S/c1-6-22(4)33-30(37)23(5)34(18-24-8-7-9-25(31)16-24)29(36)19-35(26-13-12-21(3)28(32)17-26)40(38,39)27-14-10-20(2)11-15-27/h7-17,22-23H,6,18-19H2,1-5H3,(H,33,37)/t22-,23-/m0/s1. The second-order valence-corrected chi connectivity index (χ2v) is 13.1. The number of hydrogen-bond donors (Lipinski definition) is 1. The number of hydrogen-bond acceptors (Lipinski definition) is 4. The number of nitrogens with one attached hydrogen (secondary N) is 1. The van der Waals surface area contributed by atoms with Crippen molar-refractivity contribution >= 4 is 55.1 Å². The van der Waals surface area contributed by atoms with Crippen molar-refractivity contribution in [3.05, 3.63) is 92.9 Å². The minimum absolute atomic E-state index is 0.0451. The number of carbonyl (C=O) groups is 2. The Morgan fingerprint density at radius 1 is 1.00 bits per heavy atom. The third kappa shape index (κ3) is 7.86. The van der Waals surface area contributed by atoms with Crippen molar-refractivity contribution < 1.29 is 18.0 Å². The summed E-state index contributed by atoms with van der Waals surface area (Å²) in [5.41, 5.74) is 2.72. The van der Waals surface area contributed by atoms with Gasteiger partial charge in [-0.2, -0.15) is 0 Å². The van der Waals surface area contributed by atoms with Crippen LogP contribution in [0.1, 0.15) is 43.9 Å². The van der Waals surface area contributed by atoms with Crippen LogP contribution in [0.2, 0.25) is 5.02 Å². The Labute approximate surface area is 250 Å². The molecule has 0 saturated heterocycles. The zero-order chi connectivity index (χ0) is 29.6. The molecule has 10 heteroatoms. The van der Waals surface area contributed by atoms with Gasteiger partial charge in [0.05, 0.1) is 10.6 Å². The van der Waals surface area contributed by atoms with E-state index in [4.69, 9.17) is 11.6 Å². The fraction of sp³-hybridized carbons (Fsp3) is 0.333. The van der Waals surface area contributed by atoms with E-state index in [9.17, 15) is 18.0 Å². The average Bonchev–Trinajstić information content (AvgIpc) is 2.91. The minimum Gasteiger partial charge on any atom is -0.352 e. The van der Waals surface area contributed by atoms with Gasteiger partial charge in [0.1, 0.15) is 12.6 Å². The first-order valence-electron chi connectivity index (χ1n) is 13.0. The number of benzene rings is 3. The number of amides is 2. The summed E-state index contributed by atoms with van der Waals surface area (Å²) < 4.78 is 29.7. The summed E-state index contributed by atoms with van der Waals surface area (Å²) in [6.07, 6.45) is 0.731. The van der Waals surface area contributed by atoms with Crippen LogP contribution in [-0.2, 0) is 26.2 Å². The normalized spacial score (nSPS) is 12.9. The Bertz CT molecular complexity index is 1460. The van der Waals surface area contributed by atoms with Gasteiger partial charge in [0.2, 0.25) is 11.8 Å². The van der Waals surface area contributed by atoms with Crippen LogP contribution in [0.25, 0.3) is 0 Å². The van der Waals surface area contributed by atoms with E-state index in [0.29, 0.717) is 5.02 Å². The van der Waals surface area contributed by atoms with Crippen molar-refractivity contribution in [2.24, 2.45) is 0 Å². The highest BCUT2D eigenvalue weighted by Gasteiger charge is 2.33. The van der Waals surface area contributed by atoms with E-state index in [1.165, 1.54) is 23.1 Å². The summed E-state index contributed by atoms with van der Waals surface area (Å²) in [6, 6.07) is 17.8. The van der Waals surface area contributed by atoms with E-state index in [0.717, 1.165) is 31.9 Å². The average molecular weight is 649 g/mol. The number of carbonyl (C=O) groups excluding carboxylic acids is 2. The van der Waals surface area contributed by atoms with Gasteiger partial charge in [-0.3, -0.25) is 13.9 Å². The lowest BCUT2D eigenvalue weighted by atomic mass is 10.1. The molecule has 3 rings (SSSR count). The third-order valence-corrected chi connectivity index (χ3v) is 9.43. The maximum atomic E-state index is 14.0. The molecule has 214 valence electrons. The molecule has 0 radical (unpaired) electrons. The quantitative estimate of drug-likeness (QED) is 0.267. The highest BCUT2D eigenvalue weighted by molar-refractivity contribution is 9.10. The minimum atomic E-state index is -4.16. The van der Waals surface area contributed by atoms with Gasteiger partial charge >= 0.3 is 0 Å². The van der Waals surface area contributed by atoms with Gasteiger partial charge in [-0.25, -0.2) is 8.42 Å². The molecular weight excluding hydrogens is 614 g/mol. The molecule has 0 aliphatic carbocycles. The van der Waals surface area contributed by atoms with Crippen LogP contribution in [-0.4, -0.2) is 43.8 Å². The van der Waals surface area contributed by atoms with Crippen LogP contribution in [0.5, 0.6) is 0 Å². The predicted octanol–water partition coefficient (Wildman–Crippen LogP) is 6.25. The number of sulfonamides is 1. The molecule has 0 aliphatic rings. The van der Waals surface area contributed by atoms with E-state index < -0.39 is 28.5 Å². The number of rotatable bonds is 11. The lowest BCUT2D eigenvalue weighted by Gasteiger charge is -2.32. The Morgan fingerprint density at radius 2 is 1.68 bits per heavy atom. The van der Waals surface area contributed by atoms with Gasteiger partial charge in [-0.15, -0.1) is 0 Å². The highest BCUT2D eigenvalue weighted by Crippen LogP contribution is 2.29. The van der Waals surface area contributed by atoms with Crippen LogP contribution < -0.4 is 9.62 Å². The molecule has 0 aromatic heterocycles. The van der Waals surface area contributed by atoms with E-state index in [-0.39, 0.29) is 29.1 Å². The second-order valence-electron chi connectivity index (χ2n) is 9.90. The van der Waals surface area contributed by atoms with Crippen molar-refractivity contribution in [2.75, 3.05) is 10.8 Å². The number of halogens is 2. The molecule has 0 heterocycles. The monoisotopic (exact) mass is 647 g/mol. The first-order valence-corrected chi connectivity index (χ1v) is 15.6. The van der Waals surface area contributed by atoms with Gasteiger partial charge in [-0.05, 0) is 81.6 Å². The van der Waals surface area contributed by atoms with Crippen molar-refractivity contribution in [1.82, 2.24) is 10.2 Å². The molecule has 7 nitrogen and oxygen atoms in total. The van der Waals surface area contributed by atoms with Gasteiger partial charge < -0.3 is 10.2 Å².